The third-order valence-electron chi connectivity index (χ3n) is 2.71. The quantitative estimate of drug-likeness (QED) is 0.575. The van der Waals surface area contributed by atoms with Crippen LogP contribution in [-0.4, -0.2) is 11.5 Å². The van der Waals surface area contributed by atoms with E-state index in [9.17, 15) is 4.79 Å². The molecule has 0 N–H and O–H groups in total. The number of carbonyl (C=O) groups excluding carboxylic acids is 1. The molecule has 0 aliphatic rings. The number of ketones is 1. The second-order valence-electron chi connectivity index (χ2n) is 4.55. The zero-order valence-electron chi connectivity index (χ0n) is 10.9. The molecule has 98 valence electrons. The van der Waals surface area contributed by atoms with Crippen LogP contribution in [0.5, 0.6) is 0 Å². The Morgan fingerprint density at radius 2 is 1.79 bits per heavy atom. The third-order valence-corrected chi connectivity index (χ3v) is 4.20. The van der Waals surface area contributed by atoms with Gasteiger partial charge in [0.1, 0.15) is 0 Å². The van der Waals surface area contributed by atoms with Gasteiger partial charge in [0.2, 0.25) is 0 Å². The first-order chi connectivity index (χ1) is 9.04. The number of carbonyl (C=O) groups is 1. The zero-order chi connectivity index (χ0) is 13.8. The number of aryl methyl sites for hydroxylation is 2. The van der Waals surface area contributed by atoms with E-state index in [1.54, 1.807) is 11.8 Å². The first-order valence-corrected chi connectivity index (χ1v) is 7.82. The van der Waals surface area contributed by atoms with Crippen molar-refractivity contribution in [2.24, 2.45) is 0 Å². The summed E-state index contributed by atoms with van der Waals surface area (Å²) in [6, 6.07) is 14.0. The van der Waals surface area contributed by atoms with E-state index in [-0.39, 0.29) is 5.78 Å². The van der Waals surface area contributed by atoms with Crippen LogP contribution < -0.4 is 0 Å². The maximum atomic E-state index is 12.2. The number of rotatable bonds is 4. The van der Waals surface area contributed by atoms with Crippen molar-refractivity contribution < 1.29 is 4.79 Å². The molecule has 0 saturated heterocycles. The summed E-state index contributed by atoms with van der Waals surface area (Å²) in [6.45, 7) is 4.04. The summed E-state index contributed by atoms with van der Waals surface area (Å²) in [6.07, 6.45) is 0. The molecule has 0 unspecified atom stereocenters. The van der Waals surface area contributed by atoms with Gasteiger partial charge in [-0.15, -0.1) is 11.8 Å². The van der Waals surface area contributed by atoms with E-state index in [0.29, 0.717) is 5.75 Å². The fourth-order valence-electron chi connectivity index (χ4n) is 1.92. The van der Waals surface area contributed by atoms with E-state index in [0.717, 1.165) is 26.1 Å². The summed E-state index contributed by atoms with van der Waals surface area (Å²) in [5.41, 5.74) is 3.08. The largest absolute Gasteiger partial charge is 0.293 e. The van der Waals surface area contributed by atoms with Gasteiger partial charge in [-0.3, -0.25) is 4.79 Å². The van der Waals surface area contributed by atoms with E-state index in [1.807, 2.05) is 50.2 Å². The molecular weight excluding hydrogens is 320 g/mol. The molecule has 0 spiro atoms. The minimum atomic E-state index is 0.178. The minimum absolute atomic E-state index is 0.178. The Hall–Kier alpha value is -1.06. The van der Waals surface area contributed by atoms with E-state index < -0.39 is 0 Å². The SMILES string of the molecule is Cc1cc(C)cc(C(=O)CSc2cccc(Br)c2)c1. The summed E-state index contributed by atoms with van der Waals surface area (Å²) < 4.78 is 1.04. The van der Waals surface area contributed by atoms with Crippen LogP contribution in [0.15, 0.2) is 51.8 Å². The van der Waals surface area contributed by atoms with Crippen LogP contribution in [-0.2, 0) is 0 Å². The molecule has 0 fully saturated rings. The van der Waals surface area contributed by atoms with Gasteiger partial charge in [0.25, 0.3) is 0 Å². The van der Waals surface area contributed by atoms with E-state index in [2.05, 4.69) is 22.0 Å². The van der Waals surface area contributed by atoms with E-state index in [1.165, 1.54) is 0 Å². The van der Waals surface area contributed by atoms with Crippen molar-refractivity contribution in [2.45, 2.75) is 18.7 Å². The van der Waals surface area contributed by atoms with Crippen LogP contribution in [0, 0.1) is 13.8 Å². The second kappa shape index (κ2) is 6.40. The molecule has 3 heteroatoms. The number of hydrogen-bond acceptors (Lipinski definition) is 2. The van der Waals surface area contributed by atoms with Crippen molar-refractivity contribution in [3.05, 3.63) is 63.6 Å². The maximum Gasteiger partial charge on any atom is 0.173 e. The van der Waals surface area contributed by atoms with E-state index >= 15 is 0 Å². The molecule has 0 bridgehead atoms. The van der Waals surface area contributed by atoms with Gasteiger partial charge in [0.15, 0.2) is 5.78 Å². The summed E-state index contributed by atoms with van der Waals surface area (Å²) in [7, 11) is 0. The Labute approximate surface area is 126 Å². The van der Waals surface area contributed by atoms with Gasteiger partial charge in [0.05, 0.1) is 5.75 Å². The number of halogens is 1. The molecule has 0 aliphatic carbocycles. The molecule has 0 atom stereocenters. The van der Waals surface area contributed by atoms with Crippen LogP contribution in [0.1, 0.15) is 21.5 Å². The Kier molecular flexibility index (Phi) is 4.83. The summed E-state index contributed by atoms with van der Waals surface area (Å²) in [4.78, 5) is 13.3. The average Bonchev–Trinajstić information content (AvgIpc) is 2.35. The van der Waals surface area contributed by atoms with Crippen LogP contribution in [0.25, 0.3) is 0 Å². The van der Waals surface area contributed by atoms with Gasteiger partial charge in [-0.2, -0.15) is 0 Å². The lowest BCUT2D eigenvalue weighted by Gasteiger charge is -2.05. The van der Waals surface area contributed by atoms with Crippen LogP contribution in [0.4, 0.5) is 0 Å². The van der Waals surface area contributed by atoms with Gasteiger partial charge >= 0.3 is 0 Å². The monoisotopic (exact) mass is 334 g/mol. The molecule has 2 aromatic carbocycles. The molecule has 1 nitrogen and oxygen atoms in total. The van der Waals surface area contributed by atoms with Crippen LogP contribution in [0.3, 0.4) is 0 Å². The van der Waals surface area contributed by atoms with Gasteiger partial charge < -0.3 is 0 Å². The lowest BCUT2D eigenvalue weighted by Crippen LogP contribution is -2.03. The molecule has 19 heavy (non-hydrogen) atoms. The van der Waals surface area contributed by atoms with Gasteiger partial charge in [-0.05, 0) is 44.2 Å². The normalized spacial score (nSPS) is 10.5. The number of Topliss-reactive ketones (excluding diaryl/α,β-unsaturated/α-hetero) is 1. The maximum absolute atomic E-state index is 12.2. The molecule has 2 aromatic rings. The van der Waals surface area contributed by atoms with Gasteiger partial charge in [0, 0.05) is 14.9 Å². The smallest absolute Gasteiger partial charge is 0.173 e. The Morgan fingerprint density at radius 3 is 2.42 bits per heavy atom. The third kappa shape index (κ3) is 4.22. The van der Waals surface area contributed by atoms with Crippen molar-refractivity contribution in [3.63, 3.8) is 0 Å². The summed E-state index contributed by atoms with van der Waals surface area (Å²) in [5.74, 6) is 0.649. The Morgan fingerprint density at radius 1 is 1.11 bits per heavy atom. The van der Waals surface area contributed by atoms with Gasteiger partial charge in [-0.1, -0.05) is 39.2 Å². The predicted molar refractivity (Wildman–Crippen MR) is 85.1 cm³/mol. The van der Waals surface area contributed by atoms with Crippen LogP contribution >= 0.6 is 27.7 Å². The Bertz CT molecular complexity index is 587. The number of thioether (sulfide) groups is 1. The van der Waals surface area contributed by atoms with E-state index in [4.69, 9.17) is 0 Å². The first-order valence-electron chi connectivity index (χ1n) is 6.04. The minimum Gasteiger partial charge on any atom is -0.293 e. The standard InChI is InChI=1S/C16H15BrOS/c1-11-6-12(2)8-13(7-11)16(18)10-19-15-5-3-4-14(17)9-15/h3-9H,10H2,1-2H3. The lowest BCUT2D eigenvalue weighted by atomic mass is 10.1. The molecule has 0 saturated carbocycles. The molecule has 2 rings (SSSR count). The highest BCUT2D eigenvalue weighted by Gasteiger charge is 2.08. The highest BCUT2D eigenvalue weighted by Crippen LogP contribution is 2.23. The highest BCUT2D eigenvalue weighted by molar-refractivity contribution is 9.10. The second-order valence-corrected chi connectivity index (χ2v) is 6.51. The summed E-state index contributed by atoms with van der Waals surface area (Å²) >= 11 is 5.00. The van der Waals surface area contributed by atoms with Crippen molar-refractivity contribution >= 4 is 33.5 Å². The molecule has 0 radical (unpaired) electrons. The fourth-order valence-corrected chi connectivity index (χ4v) is 3.32. The number of benzene rings is 2. The van der Waals surface area contributed by atoms with Crippen molar-refractivity contribution in [1.82, 2.24) is 0 Å². The zero-order valence-corrected chi connectivity index (χ0v) is 13.3. The lowest BCUT2D eigenvalue weighted by molar-refractivity contribution is 0.102. The fraction of sp³-hybridized carbons (Fsp3) is 0.188. The Balaban J connectivity index is 2.05. The highest BCUT2D eigenvalue weighted by atomic mass is 79.9. The summed E-state index contributed by atoms with van der Waals surface area (Å²) in [5, 5.41) is 0. The first kappa shape index (κ1) is 14.4. The molecule has 0 amide bonds. The molecule has 0 heterocycles. The topological polar surface area (TPSA) is 17.1 Å². The van der Waals surface area contributed by atoms with Crippen molar-refractivity contribution in [3.8, 4) is 0 Å². The molecular formula is C16H15BrOS. The molecule has 0 aromatic heterocycles. The average molecular weight is 335 g/mol. The van der Waals surface area contributed by atoms with Crippen LogP contribution in [0.2, 0.25) is 0 Å². The van der Waals surface area contributed by atoms with Gasteiger partial charge in [-0.25, -0.2) is 0 Å². The number of hydrogen-bond donors (Lipinski definition) is 0. The predicted octanol–water partition coefficient (Wildman–Crippen LogP) is 5.04. The van der Waals surface area contributed by atoms with Crippen molar-refractivity contribution in [1.29, 1.82) is 0 Å². The van der Waals surface area contributed by atoms with Crippen molar-refractivity contribution in [2.75, 3.05) is 5.75 Å². The molecule has 0 aliphatic heterocycles.